The summed E-state index contributed by atoms with van der Waals surface area (Å²) in [7, 11) is 0. The molecule has 0 saturated carbocycles. The number of aromatic nitrogens is 2. The molecule has 3 rings (SSSR count). The first kappa shape index (κ1) is 15.5. The van der Waals surface area contributed by atoms with Gasteiger partial charge in [0.05, 0.1) is 11.5 Å². The van der Waals surface area contributed by atoms with Crippen molar-refractivity contribution in [1.29, 1.82) is 0 Å². The number of aryl methyl sites for hydroxylation is 1. The number of hydrogen-bond donors (Lipinski definition) is 1. The Morgan fingerprint density at radius 1 is 1.35 bits per heavy atom. The van der Waals surface area contributed by atoms with Crippen LogP contribution in [0.5, 0.6) is 11.5 Å². The lowest BCUT2D eigenvalue weighted by Gasteiger charge is -2.05. The van der Waals surface area contributed by atoms with Crippen LogP contribution in [0.1, 0.15) is 11.7 Å². The zero-order chi connectivity index (χ0) is 16.4. The molecule has 1 aliphatic rings. The Balaban J connectivity index is 1.51. The first-order valence-corrected chi connectivity index (χ1v) is 7.63. The zero-order valence-corrected chi connectivity index (χ0v) is 12.7. The minimum absolute atomic E-state index is 0.0742. The zero-order valence-electron chi connectivity index (χ0n) is 11.8. The van der Waals surface area contributed by atoms with Crippen molar-refractivity contribution in [3.63, 3.8) is 0 Å². The Hall–Kier alpha value is -2.36. The lowest BCUT2D eigenvalue weighted by atomic mass is 10.3. The van der Waals surface area contributed by atoms with Crippen molar-refractivity contribution in [2.75, 3.05) is 11.1 Å². The quantitative estimate of drug-likeness (QED) is 0.893. The van der Waals surface area contributed by atoms with Crippen molar-refractivity contribution in [1.82, 2.24) is 10.1 Å². The van der Waals surface area contributed by atoms with E-state index < -0.39 is 6.29 Å². The van der Waals surface area contributed by atoms with Crippen LogP contribution >= 0.6 is 11.8 Å². The predicted molar refractivity (Wildman–Crippen MR) is 76.5 cm³/mol. The van der Waals surface area contributed by atoms with Gasteiger partial charge < -0.3 is 19.3 Å². The maximum absolute atomic E-state index is 12.9. The molecule has 1 aromatic carbocycles. The summed E-state index contributed by atoms with van der Waals surface area (Å²) in [5.41, 5.74) is 0.339. The van der Waals surface area contributed by atoms with Gasteiger partial charge in [0.15, 0.2) is 17.3 Å². The lowest BCUT2D eigenvalue weighted by Crippen LogP contribution is -2.25. The van der Waals surface area contributed by atoms with Crippen LogP contribution in [0.3, 0.4) is 0 Å². The van der Waals surface area contributed by atoms with Crippen LogP contribution in [0, 0.1) is 6.92 Å². The van der Waals surface area contributed by atoms with E-state index in [0.29, 0.717) is 23.2 Å². The topological polar surface area (TPSA) is 86.5 Å². The molecule has 0 unspecified atom stereocenters. The van der Waals surface area contributed by atoms with E-state index in [1.54, 1.807) is 6.92 Å². The summed E-state index contributed by atoms with van der Waals surface area (Å²) in [6.07, 6.45) is -3.68. The fraction of sp³-hybridized carbons (Fsp3) is 0.308. The summed E-state index contributed by atoms with van der Waals surface area (Å²) in [5.74, 6) is 1.06. The number of amides is 1. The minimum Gasteiger partial charge on any atom is -0.395 e. The van der Waals surface area contributed by atoms with E-state index in [-0.39, 0.29) is 23.2 Å². The molecule has 10 heteroatoms. The number of anilines is 1. The van der Waals surface area contributed by atoms with E-state index in [2.05, 4.69) is 24.9 Å². The molecule has 122 valence electrons. The highest BCUT2D eigenvalue weighted by Crippen LogP contribution is 2.42. The number of fused-ring (bicyclic) bond motifs is 1. The Morgan fingerprint density at radius 3 is 2.87 bits per heavy atom. The molecule has 2 aromatic rings. The molecule has 0 radical (unpaired) electrons. The van der Waals surface area contributed by atoms with Crippen LogP contribution < -0.4 is 14.8 Å². The molecule has 23 heavy (non-hydrogen) atoms. The number of benzene rings is 1. The van der Waals surface area contributed by atoms with Crippen molar-refractivity contribution in [3.8, 4) is 11.5 Å². The van der Waals surface area contributed by atoms with Gasteiger partial charge in [0, 0.05) is 18.7 Å². The molecule has 1 amide bonds. The van der Waals surface area contributed by atoms with E-state index in [4.69, 9.17) is 4.52 Å². The molecule has 0 atom stereocenters. The summed E-state index contributed by atoms with van der Waals surface area (Å²) >= 11 is 1.30. The summed E-state index contributed by atoms with van der Waals surface area (Å²) in [4.78, 5) is 15.8. The summed E-state index contributed by atoms with van der Waals surface area (Å²) in [5, 5.41) is 6.30. The largest absolute Gasteiger partial charge is 0.586 e. The molecular weight excluding hydrogens is 332 g/mol. The van der Waals surface area contributed by atoms with Crippen molar-refractivity contribution in [2.45, 2.75) is 19.0 Å². The van der Waals surface area contributed by atoms with Crippen LogP contribution in [-0.4, -0.2) is 28.1 Å². The van der Waals surface area contributed by atoms with Crippen LogP contribution in [0.15, 0.2) is 22.7 Å². The Kier molecular flexibility index (Phi) is 4.07. The number of thioether (sulfide) groups is 1. The second-order valence-corrected chi connectivity index (χ2v) is 5.59. The van der Waals surface area contributed by atoms with Gasteiger partial charge in [0.25, 0.3) is 0 Å². The molecule has 0 aliphatic carbocycles. The van der Waals surface area contributed by atoms with Gasteiger partial charge >= 0.3 is 6.29 Å². The van der Waals surface area contributed by atoms with E-state index in [1.165, 1.54) is 30.0 Å². The van der Waals surface area contributed by atoms with E-state index in [0.717, 1.165) is 0 Å². The maximum atomic E-state index is 12.9. The number of nitrogens with zero attached hydrogens (tertiary/aromatic N) is 2. The van der Waals surface area contributed by atoms with Crippen LogP contribution in [-0.2, 0) is 10.5 Å². The summed E-state index contributed by atoms with van der Waals surface area (Å²) in [6, 6.07) is 4.04. The first-order valence-electron chi connectivity index (χ1n) is 6.48. The van der Waals surface area contributed by atoms with Crippen LogP contribution in [0.25, 0.3) is 0 Å². The molecule has 0 fully saturated rings. The van der Waals surface area contributed by atoms with E-state index in [9.17, 15) is 13.6 Å². The number of nitrogens with one attached hydrogen (secondary N) is 1. The first-order chi connectivity index (χ1) is 10.9. The third-order valence-electron chi connectivity index (χ3n) is 2.72. The molecule has 7 nitrogen and oxygen atoms in total. The van der Waals surface area contributed by atoms with Gasteiger partial charge in [-0.25, -0.2) is 0 Å². The highest BCUT2D eigenvalue weighted by atomic mass is 32.2. The predicted octanol–water partition coefficient (Wildman–Crippen LogP) is 2.57. The SMILES string of the molecule is Cc1nc(CSCC(=O)Nc2ccc3c(c2)OC(F)(F)O3)no1. The molecule has 0 saturated heterocycles. The Morgan fingerprint density at radius 2 is 2.13 bits per heavy atom. The number of hydrogen-bond acceptors (Lipinski definition) is 7. The highest BCUT2D eigenvalue weighted by Gasteiger charge is 2.43. The number of alkyl halides is 2. The van der Waals surface area contributed by atoms with E-state index >= 15 is 0 Å². The van der Waals surface area contributed by atoms with Crippen molar-refractivity contribution in [2.24, 2.45) is 0 Å². The normalized spacial score (nSPS) is 14.7. The van der Waals surface area contributed by atoms with Crippen molar-refractivity contribution < 1.29 is 27.6 Å². The summed E-state index contributed by atoms with van der Waals surface area (Å²) in [6.45, 7) is 1.68. The van der Waals surface area contributed by atoms with Gasteiger partial charge in [0.2, 0.25) is 11.8 Å². The van der Waals surface area contributed by atoms with Crippen molar-refractivity contribution in [3.05, 3.63) is 29.9 Å². The molecule has 2 heterocycles. The standard InChI is InChI=1S/C13H11F2N3O4S/c1-7-16-11(18-22-7)5-23-6-12(19)17-8-2-3-9-10(4-8)21-13(14,15)20-9/h2-4H,5-6H2,1H3,(H,17,19). The minimum atomic E-state index is -3.68. The van der Waals surface area contributed by atoms with Crippen molar-refractivity contribution >= 4 is 23.4 Å². The molecular formula is C13H11F2N3O4S. The molecule has 1 N–H and O–H groups in total. The van der Waals surface area contributed by atoms with Gasteiger partial charge in [-0.2, -0.15) is 4.98 Å². The second kappa shape index (κ2) is 6.03. The number of carbonyl (C=O) groups excluding carboxylic acids is 1. The van der Waals surface area contributed by atoms with Gasteiger partial charge in [-0.15, -0.1) is 20.5 Å². The lowest BCUT2D eigenvalue weighted by molar-refractivity contribution is -0.286. The number of carbonyl (C=O) groups is 1. The average molecular weight is 343 g/mol. The third-order valence-corrected chi connectivity index (χ3v) is 3.65. The second-order valence-electron chi connectivity index (χ2n) is 4.60. The number of rotatable bonds is 5. The van der Waals surface area contributed by atoms with Crippen LogP contribution in [0.2, 0.25) is 0 Å². The van der Waals surface area contributed by atoms with Gasteiger partial charge in [-0.1, -0.05) is 5.16 Å². The fourth-order valence-electron chi connectivity index (χ4n) is 1.86. The molecule has 1 aliphatic heterocycles. The van der Waals surface area contributed by atoms with Crippen LogP contribution in [0.4, 0.5) is 14.5 Å². The fourth-order valence-corrected chi connectivity index (χ4v) is 2.52. The van der Waals surface area contributed by atoms with Gasteiger partial charge in [-0.05, 0) is 12.1 Å². The molecule has 1 aromatic heterocycles. The number of halogens is 2. The molecule has 0 spiro atoms. The molecule has 0 bridgehead atoms. The average Bonchev–Trinajstić information content (AvgIpc) is 2.99. The summed E-state index contributed by atoms with van der Waals surface area (Å²) < 4.78 is 39.2. The third kappa shape index (κ3) is 3.89. The van der Waals surface area contributed by atoms with E-state index in [1.807, 2.05) is 0 Å². The Labute approximate surface area is 133 Å². The maximum Gasteiger partial charge on any atom is 0.586 e. The van der Waals surface area contributed by atoms with Gasteiger partial charge in [0.1, 0.15) is 0 Å². The smallest absolute Gasteiger partial charge is 0.395 e. The monoisotopic (exact) mass is 343 g/mol. The Bertz CT molecular complexity index is 738. The number of ether oxygens (including phenoxy) is 2. The highest BCUT2D eigenvalue weighted by molar-refractivity contribution is 7.99. The van der Waals surface area contributed by atoms with Gasteiger partial charge in [-0.3, -0.25) is 4.79 Å².